The summed E-state index contributed by atoms with van der Waals surface area (Å²) in [5, 5.41) is 11.2. The lowest BCUT2D eigenvalue weighted by Crippen LogP contribution is -2.12. The number of methoxy groups -OCH3 is 2. The molecule has 0 fully saturated rings. The van der Waals surface area contributed by atoms with Gasteiger partial charge in [0.2, 0.25) is 0 Å². The minimum absolute atomic E-state index is 0.0613. The molecule has 0 amide bonds. The zero-order chi connectivity index (χ0) is 21.7. The highest BCUT2D eigenvalue weighted by Gasteiger charge is 2.33. The maximum Gasteiger partial charge on any atom is 0.344 e. The van der Waals surface area contributed by atoms with Gasteiger partial charge in [-0.3, -0.25) is 0 Å². The van der Waals surface area contributed by atoms with Crippen molar-refractivity contribution < 1.29 is 24.1 Å². The smallest absolute Gasteiger partial charge is 0.344 e. The molecule has 0 atom stereocenters. The van der Waals surface area contributed by atoms with Crippen LogP contribution in [0, 0.1) is 6.92 Å². The Bertz CT molecular complexity index is 1030. The summed E-state index contributed by atoms with van der Waals surface area (Å²) in [6.07, 6.45) is 1.75. The molecule has 0 radical (unpaired) electrons. The van der Waals surface area contributed by atoms with Crippen LogP contribution in [0.15, 0.2) is 63.7 Å². The number of aliphatic hydroxyl groups excluding tert-OH is 1. The van der Waals surface area contributed by atoms with Crippen molar-refractivity contribution in [3.05, 3.63) is 69.8 Å². The van der Waals surface area contributed by atoms with Crippen molar-refractivity contribution in [1.29, 1.82) is 0 Å². The number of ether oxygens (including phenoxy) is 3. The zero-order valence-electron chi connectivity index (χ0n) is 17.3. The van der Waals surface area contributed by atoms with E-state index in [1.807, 2.05) is 43.3 Å². The van der Waals surface area contributed by atoms with Gasteiger partial charge in [0.25, 0.3) is 0 Å². The van der Waals surface area contributed by atoms with E-state index >= 15 is 0 Å². The fraction of sp³-hybridized carbons (Fsp3) is 0.217. The van der Waals surface area contributed by atoms with E-state index < -0.39 is 5.97 Å². The van der Waals surface area contributed by atoms with Gasteiger partial charge in [-0.25, -0.2) is 9.79 Å². The van der Waals surface area contributed by atoms with E-state index in [1.165, 1.54) is 11.8 Å². The topological polar surface area (TPSA) is 77.4 Å². The molecule has 3 rings (SSSR count). The number of aryl methyl sites for hydroxylation is 1. The van der Waals surface area contributed by atoms with Crippen LogP contribution in [0.2, 0.25) is 0 Å². The Kier molecular flexibility index (Phi) is 6.84. The van der Waals surface area contributed by atoms with Gasteiger partial charge >= 0.3 is 5.97 Å². The minimum Gasteiger partial charge on any atom is -0.506 e. The Morgan fingerprint density at radius 3 is 2.40 bits per heavy atom. The summed E-state index contributed by atoms with van der Waals surface area (Å²) in [5.74, 6) is 0.466. The highest BCUT2D eigenvalue weighted by Crippen LogP contribution is 2.41. The van der Waals surface area contributed by atoms with Crippen molar-refractivity contribution in [3.8, 4) is 11.5 Å². The van der Waals surface area contributed by atoms with Crippen LogP contribution in [0.1, 0.15) is 18.1 Å². The average molecular weight is 426 g/mol. The molecule has 156 valence electrons. The van der Waals surface area contributed by atoms with Crippen LogP contribution in [0.25, 0.3) is 6.08 Å². The molecular weight excluding hydrogens is 402 g/mol. The quantitative estimate of drug-likeness (QED) is 0.641. The zero-order valence-corrected chi connectivity index (χ0v) is 18.1. The van der Waals surface area contributed by atoms with Crippen LogP contribution in [0.4, 0.5) is 5.69 Å². The first kappa shape index (κ1) is 21.5. The van der Waals surface area contributed by atoms with E-state index in [0.29, 0.717) is 21.4 Å². The van der Waals surface area contributed by atoms with Gasteiger partial charge in [-0.15, -0.1) is 0 Å². The molecular formula is C23H23NO5S. The highest BCUT2D eigenvalue weighted by molar-refractivity contribution is 8.18. The van der Waals surface area contributed by atoms with Gasteiger partial charge in [0.05, 0.1) is 31.4 Å². The Morgan fingerprint density at radius 1 is 1.13 bits per heavy atom. The lowest BCUT2D eigenvalue weighted by atomic mass is 10.1. The third-order valence-electron chi connectivity index (χ3n) is 4.38. The molecule has 2 aromatic carbocycles. The van der Waals surface area contributed by atoms with Gasteiger partial charge < -0.3 is 19.3 Å². The van der Waals surface area contributed by atoms with Crippen molar-refractivity contribution in [3.63, 3.8) is 0 Å². The van der Waals surface area contributed by atoms with E-state index in [9.17, 15) is 9.90 Å². The van der Waals surface area contributed by atoms with E-state index in [2.05, 4.69) is 4.99 Å². The summed E-state index contributed by atoms with van der Waals surface area (Å²) < 4.78 is 15.8. The van der Waals surface area contributed by atoms with E-state index in [1.54, 1.807) is 33.3 Å². The van der Waals surface area contributed by atoms with Crippen LogP contribution >= 0.6 is 11.8 Å². The molecule has 1 heterocycles. The molecule has 30 heavy (non-hydrogen) atoms. The first-order valence-corrected chi connectivity index (χ1v) is 10.2. The highest BCUT2D eigenvalue weighted by atomic mass is 32.2. The number of benzene rings is 2. The van der Waals surface area contributed by atoms with E-state index in [-0.39, 0.29) is 17.9 Å². The molecule has 0 aliphatic carbocycles. The van der Waals surface area contributed by atoms with Gasteiger partial charge in [-0.05, 0) is 49.2 Å². The van der Waals surface area contributed by atoms with E-state index in [0.717, 1.165) is 16.8 Å². The number of rotatable bonds is 6. The molecule has 0 saturated heterocycles. The molecule has 0 unspecified atom stereocenters. The lowest BCUT2D eigenvalue weighted by Gasteiger charge is -2.06. The number of esters is 1. The first-order valence-electron chi connectivity index (χ1n) is 9.34. The van der Waals surface area contributed by atoms with Gasteiger partial charge in [0.1, 0.15) is 27.9 Å². The van der Waals surface area contributed by atoms with Crippen molar-refractivity contribution in [2.24, 2.45) is 4.99 Å². The molecule has 0 spiro atoms. The molecule has 7 heteroatoms. The average Bonchev–Trinajstić information content (AvgIpc) is 3.04. The van der Waals surface area contributed by atoms with Gasteiger partial charge in [0.15, 0.2) is 0 Å². The monoisotopic (exact) mass is 425 g/mol. The summed E-state index contributed by atoms with van der Waals surface area (Å²) in [6, 6.07) is 13.0. The van der Waals surface area contributed by atoms with Crippen LogP contribution in [0.5, 0.6) is 11.5 Å². The number of para-hydroxylation sites is 1. The maximum absolute atomic E-state index is 12.5. The number of aliphatic imine (C=N–C) groups is 1. The summed E-state index contributed by atoms with van der Waals surface area (Å²) in [4.78, 5) is 17.6. The lowest BCUT2D eigenvalue weighted by molar-refractivity contribution is -0.138. The number of hydrogen-bond acceptors (Lipinski definition) is 7. The maximum atomic E-state index is 12.5. The number of hydrogen-bond donors (Lipinski definition) is 1. The number of carbonyl (C=O) groups is 1. The van der Waals surface area contributed by atoms with Gasteiger partial charge in [-0.2, -0.15) is 0 Å². The van der Waals surface area contributed by atoms with Crippen molar-refractivity contribution in [1.82, 2.24) is 0 Å². The number of thioether (sulfide) groups is 1. The molecule has 1 aliphatic rings. The van der Waals surface area contributed by atoms with Crippen LogP contribution in [-0.4, -0.2) is 36.9 Å². The Morgan fingerprint density at radius 2 is 1.80 bits per heavy atom. The Balaban J connectivity index is 2.08. The van der Waals surface area contributed by atoms with Gasteiger partial charge in [0, 0.05) is 6.07 Å². The molecule has 2 aromatic rings. The van der Waals surface area contributed by atoms with Crippen molar-refractivity contribution in [2.75, 3.05) is 20.8 Å². The Hall–Kier alpha value is -3.19. The largest absolute Gasteiger partial charge is 0.506 e. The normalized spacial score (nSPS) is 16.3. The number of aliphatic hydroxyl groups is 1. The number of carbonyl (C=O) groups excluding carboxylic acids is 1. The molecule has 1 aliphatic heterocycles. The standard InChI is InChI=1S/C23H23NO5S/c1-5-29-23(26)20-21(25)19(12-15-10-16(27-3)13-17(11-15)28-4)30-22(20)24-18-9-7-6-8-14(18)2/h6-13,25H,5H2,1-4H3. The predicted octanol–water partition coefficient (Wildman–Crippen LogP) is 5.21. The minimum atomic E-state index is -0.610. The Labute approximate surface area is 179 Å². The predicted molar refractivity (Wildman–Crippen MR) is 120 cm³/mol. The second kappa shape index (κ2) is 9.54. The fourth-order valence-electron chi connectivity index (χ4n) is 2.85. The molecule has 0 bridgehead atoms. The van der Waals surface area contributed by atoms with Crippen LogP contribution < -0.4 is 9.47 Å². The molecule has 1 N–H and O–H groups in total. The second-order valence-electron chi connectivity index (χ2n) is 6.40. The van der Waals surface area contributed by atoms with Crippen molar-refractivity contribution >= 4 is 34.5 Å². The first-order chi connectivity index (χ1) is 14.5. The van der Waals surface area contributed by atoms with Crippen LogP contribution in [-0.2, 0) is 9.53 Å². The SMILES string of the molecule is CCOC(=O)C1=C(O)C(=Cc2cc(OC)cc(OC)c2)SC1=Nc1ccccc1C. The second-order valence-corrected chi connectivity index (χ2v) is 7.43. The third kappa shape index (κ3) is 4.68. The third-order valence-corrected chi connectivity index (χ3v) is 5.40. The summed E-state index contributed by atoms with van der Waals surface area (Å²) >= 11 is 1.21. The summed E-state index contributed by atoms with van der Waals surface area (Å²) in [7, 11) is 3.14. The molecule has 0 aromatic heterocycles. The summed E-state index contributed by atoms with van der Waals surface area (Å²) in [6.45, 7) is 3.85. The van der Waals surface area contributed by atoms with E-state index in [4.69, 9.17) is 14.2 Å². The number of nitrogens with zero attached hydrogens (tertiary/aromatic N) is 1. The fourth-order valence-corrected chi connectivity index (χ4v) is 3.88. The molecule has 0 saturated carbocycles. The molecule has 6 nitrogen and oxygen atoms in total. The van der Waals surface area contributed by atoms with Crippen LogP contribution in [0.3, 0.4) is 0 Å². The van der Waals surface area contributed by atoms with Crippen molar-refractivity contribution in [2.45, 2.75) is 13.8 Å². The van der Waals surface area contributed by atoms with Gasteiger partial charge in [-0.1, -0.05) is 30.0 Å². The summed E-state index contributed by atoms with van der Waals surface area (Å²) in [5.41, 5.74) is 2.49.